The summed E-state index contributed by atoms with van der Waals surface area (Å²) in [5, 5.41) is 0. The molecule has 2 aromatic rings. The molecule has 3 fully saturated rings. The lowest BCUT2D eigenvalue weighted by Gasteiger charge is -2.54. The molecule has 2 heterocycles. The van der Waals surface area contributed by atoms with Crippen LogP contribution in [0.1, 0.15) is 32.1 Å². The van der Waals surface area contributed by atoms with Crippen molar-refractivity contribution in [3.8, 4) is 11.5 Å². The summed E-state index contributed by atoms with van der Waals surface area (Å²) in [7, 11) is -1.96. The number of ether oxygens (including phenoxy) is 3. The van der Waals surface area contributed by atoms with Gasteiger partial charge in [-0.05, 0) is 61.4 Å². The molecule has 8 nitrogen and oxygen atoms in total. The molecular formula is C25H32N2O6S2. The van der Waals surface area contributed by atoms with Crippen LogP contribution in [-0.2, 0) is 25.7 Å². The van der Waals surface area contributed by atoms with Crippen molar-refractivity contribution in [2.24, 2.45) is 5.92 Å². The lowest BCUT2D eigenvalue weighted by molar-refractivity contribution is -0.150. The third kappa shape index (κ3) is 4.29. The van der Waals surface area contributed by atoms with E-state index < -0.39 is 26.7 Å². The highest BCUT2D eigenvalue weighted by atomic mass is 32.2. The molecular weight excluding hydrogens is 488 g/mol. The van der Waals surface area contributed by atoms with Gasteiger partial charge < -0.3 is 14.2 Å². The fourth-order valence-corrected chi connectivity index (χ4v) is 9.02. The number of rotatable bonds is 6. The minimum Gasteiger partial charge on any atom is -0.497 e. The van der Waals surface area contributed by atoms with Crippen LogP contribution in [0.3, 0.4) is 0 Å². The van der Waals surface area contributed by atoms with Crippen LogP contribution < -0.4 is 9.47 Å². The van der Waals surface area contributed by atoms with Gasteiger partial charge in [-0.15, -0.1) is 0 Å². The number of benzene rings is 2. The highest BCUT2D eigenvalue weighted by Crippen LogP contribution is 2.49. The number of nitrogens with zero attached hydrogens (tertiary/aromatic N) is 2. The Kier molecular flexibility index (Phi) is 6.93. The Balaban J connectivity index is 1.45. The molecule has 5 rings (SSSR count). The standard InChI is InChI=1S/C25H32N2O6S2/c1-31-19-7-11-21(12-8-19)34(28)26-16-15-25(23-5-3-4-6-24(23)26)27(17-18-33-25)35(29,30)22-13-9-20(32-2)10-14-22/h7-14,23-24H,3-6,15-18H2,1-2H3. The number of piperidine rings is 1. The van der Waals surface area contributed by atoms with Crippen molar-refractivity contribution in [3.63, 3.8) is 0 Å². The zero-order valence-electron chi connectivity index (χ0n) is 20.1. The van der Waals surface area contributed by atoms with Gasteiger partial charge in [0.25, 0.3) is 0 Å². The molecule has 0 amide bonds. The number of hydrogen-bond donors (Lipinski definition) is 0. The molecule has 2 saturated heterocycles. The van der Waals surface area contributed by atoms with Gasteiger partial charge in [0.2, 0.25) is 10.0 Å². The molecule has 1 saturated carbocycles. The van der Waals surface area contributed by atoms with Crippen molar-refractivity contribution in [1.82, 2.24) is 8.61 Å². The molecule has 4 atom stereocenters. The van der Waals surface area contributed by atoms with Crippen molar-refractivity contribution in [3.05, 3.63) is 48.5 Å². The summed E-state index contributed by atoms with van der Waals surface area (Å²) in [6, 6.07) is 13.8. The summed E-state index contributed by atoms with van der Waals surface area (Å²) < 4.78 is 61.7. The monoisotopic (exact) mass is 520 g/mol. The molecule has 0 radical (unpaired) electrons. The van der Waals surface area contributed by atoms with E-state index in [1.807, 2.05) is 24.3 Å². The normalized spacial score (nSPS) is 28.5. The minimum atomic E-state index is -3.78. The first-order valence-corrected chi connectivity index (χ1v) is 14.6. The maximum atomic E-state index is 13.8. The maximum absolute atomic E-state index is 13.8. The second-order valence-corrected chi connectivity index (χ2v) is 12.5. The highest BCUT2D eigenvalue weighted by molar-refractivity contribution is 7.89. The quantitative estimate of drug-likeness (QED) is 0.580. The Labute approximate surface area is 209 Å². The minimum absolute atomic E-state index is 0.0212. The zero-order valence-corrected chi connectivity index (χ0v) is 21.7. The van der Waals surface area contributed by atoms with Crippen LogP contribution in [0.25, 0.3) is 0 Å². The smallest absolute Gasteiger partial charge is 0.245 e. The number of hydrogen-bond acceptors (Lipinski definition) is 6. The Morgan fingerprint density at radius 3 is 2.23 bits per heavy atom. The fraction of sp³-hybridized carbons (Fsp3) is 0.520. The molecule has 4 unspecified atom stereocenters. The van der Waals surface area contributed by atoms with Gasteiger partial charge in [0.05, 0.1) is 30.6 Å². The molecule has 1 spiro atoms. The van der Waals surface area contributed by atoms with Gasteiger partial charge in [0.1, 0.15) is 28.2 Å². The average molecular weight is 521 g/mol. The largest absolute Gasteiger partial charge is 0.497 e. The van der Waals surface area contributed by atoms with E-state index in [4.69, 9.17) is 14.2 Å². The predicted molar refractivity (Wildman–Crippen MR) is 132 cm³/mol. The number of methoxy groups -OCH3 is 2. The van der Waals surface area contributed by atoms with Gasteiger partial charge in [0.15, 0.2) is 0 Å². The van der Waals surface area contributed by atoms with E-state index in [9.17, 15) is 12.6 Å². The fourth-order valence-electron chi connectivity index (χ4n) is 5.89. The molecule has 0 bridgehead atoms. The maximum Gasteiger partial charge on any atom is 0.245 e. The highest BCUT2D eigenvalue weighted by Gasteiger charge is 2.59. The van der Waals surface area contributed by atoms with Crippen LogP contribution in [0.15, 0.2) is 58.3 Å². The Hall–Kier alpha value is -1.98. The van der Waals surface area contributed by atoms with Crippen molar-refractivity contribution in [2.75, 3.05) is 33.9 Å². The van der Waals surface area contributed by atoms with Gasteiger partial charge in [-0.2, -0.15) is 4.31 Å². The van der Waals surface area contributed by atoms with E-state index in [1.54, 1.807) is 42.8 Å². The zero-order chi connectivity index (χ0) is 24.6. The average Bonchev–Trinajstić information content (AvgIpc) is 3.34. The summed E-state index contributed by atoms with van der Waals surface area (Å²) in [4.78, 5) is 0.959. The van der Waals surface area contributed by atoms with Crippen LogP contribution in [0.2, 0.25) is 0 Å². The van der Waals surface area contributed by atoms with E-state index in [0.29, 0.717) is 31.9 Å². The molecule has 3 aliphatic rings. The summed E-state index contributed by atoms with van der Waals surface area (Å²) in [6.07, 6.45) is 4.22. The summed E-state index contributed by atoms with van der Waals surface area (Å²) in [5.41, 5.74) is -0.912. The molecule has 10 heteroatoms. The van der Waals surface area contributed by atoms with Crippen LogP contribution in [0.5, 0.6) is 11.5 Å². The Morgan fingerprint density at radius 2 is 1.57 bits per heavy atom. The van der Waals surface area contributed by atoms with Gasteiger partial charge in [-0.1, -0.05) is 12.8 Å². The van der Waals surface area contributed by atoms with Crippen LogP contribution in [-0.4, -0.2) is 66.9 Å². The first-order chi connectivity index (χ1) is 16.9. The van der Waals surface area contributed by atoms with E-state index in [-0.39, 0.29) is 16.9 Å². The van der Waals surface area contributed by atoms with Crippen molar-refractivity contribution in [2.45, 2.75) is 53.7 Å². The van der Waals surface area contributed by atoms with Gasteiger partial charge in [-0.3, -0.25) is 0 Å². The van der Waals surface area contributed by atoms with Crippen LogP contribution in [0.4, 0.5) is 0 Å². The summed E-state index contributed by atoms with van der Waals surface area (Å²) >= 11 is 0. The topological polar surface area (TPSA) is 85.4 Å². The van der Waals surface area contributed by atoms with Gasteiger partial charge >= 0.3 is 0 Å². The predicted octanol–water partition coefficient (Wildman–Crippen LogP) is 3.41. The van der Waals surface area contributed by atoms with Crippen LogP contribution in [0, 0.1) is 5.92 Å². The Bertz CT molecular complexity index is 1170. The molecule has 190 valence electrons. The van der Waals surface area contributed by atoms with Crippen molar-refractivity contribution < 1.29 is 26.8 Å². The Morgan fingerprint density at radius 1 is 0.943 bits per heavy atom. The van der Waals surface area contributed by atoms with Crippen LogP contribution >= 0.6 is 0 Å². The summed E-state index contributed by atoms with van der Waals surface area (Å²) in [5.74, 6) is 1.28. The third-order valence-corrected chi connectivity index (χ3v) is 11.1. The van der Waals surface area contributed by atoms with Crippen molar-refractivity contribution in [1.29, 1.82) is 0 Å². The van der Waals surface area contributed by atoms with Gasteiger partial charge in [-0.25, -0.2) is 16.9 Å². The number of sulfonamides is 1. The molecule has 0 N–H and O–H groups in total. The van der Waals surface area contributed by atoms with Crippen molar-refractivity contribution >= 4 is 21.0 Å². The molecule has 1 aliphatic carbocycles. The molecule has 2 aliphatic heterocycles. The molecule has 0 aromatic heterocycles. The second kappa shape index (κ2) is 9.82. The lowest BCUT2D eigenvalue weighted by atomic mass is 9.74. The third-order valence-electron chi connectivity index (χ3n) is 7.56. The summed E-state index contributed by atoms with van der Waals surface area (Å²) in [6.45, 7) is 1.17. The van der Waals surface area contributed by atoms with E-state index >= 15 is 0 Å². The second-order valence-electron chi connectivity index (χ2n) is 9.22. The first kappa shape index (κ1) is 24.7. The first-order valence-electron chi connectivity index (χ1n) is 12.0. The number of fused-ring (bicyclic) bond motifs is 2. The van der Waals surface area contributed by atoms with E-state index in [0.717, 1.165) is 36.3 Å². The molecule has 2 aromatic carbocycles. The molecule has 35 heavy (non-hydrogen) atoms. The lowest BCUT2D eigenvalue weighted by Crippen LogP contribution is -2.65. The van der Waals surface area contributed by atoms with Gasteiger partial charge in [0, 0.05) is 31.5 Å². The van der Waals surface area contributed by atoms with E-state index in [1.165, 1.54) is 0 Å². The van der Waals surface area contributed by atoms with E-state index in [2.05, 4.69) is 4.31 Å². The SMILES string of the molecule is COc1ccc(S(=O)N2CCC3(OCCN3S(=O)(=O)c3ccc(OC)cc3)C3CCCCC32)cc1.